The number of carbonyl (C=O) groups is 1. The van der Waals surface area contributed by atoms with E-state index >= 15 is 0 Å². The van der Waals surface area contributed by atoms with Crippen LogP contribution in [0.4, 0.5) is 4.39 Å². The highest BCUT2D eigenvalue weighted by molar-refractivity contribution is 9.10. The molecule has 132 valence electrons. The lowest BCUT2D eigenvalue weighted by atomic mass is 9.82. The Balaban J connectivity index is 2.78. The number of benzene rings is 1. The monoisotopic (exact) mass is 410 g/mol. The fraction of sp³-hybridized carbons (Fsp3) is 0.294. The van der Waals surface area contributed by atoms with Crippen LogP contribution in [0.15, 0.2) is 39.4 Å². The molecule has 0 saturated carbocycles. The van der Waals surface area contributed by atoms with Gasteiger partial charge in [0.2, 0.25) is 5.88 Å². The Bertz CT molecular complexity index is 827. The number of methoxy groups -OCH3 is 1. The number of allylic oxidation sites excluding steroid dienone is 2. The molecule has 1 aromatic carbocycles. The zero-order valence-electron chi connectivity index (χ0n) is 13.9. The third kappa shape index (κ3) is 3.33. The number of hydrogen-bond acceptors (Lipinski definition) is 6. The van der Waals surface area contributed by atoms with Crippen LogP contribution >= 0.6 is 15.9 Å². The van der Waals surface area contributed by atoms with Gasteiger partial charge in [0.25, 0.3) is 0 Å². The summed E-state index contributed by atoms with van der Waals surface area (Å²) in [6.07, 6.45) is 0. The number of nitrogens with zero attached hydrogens (tertiary/aromatic N) is 1. The highest BCUT2D eigenvalue weighted by Gasteiger charge is 2.39. The van der Waals surface area contributed by atoms with Crippen molar-refractivity contribution in [2.24, 2.45) is 5.73 Å². The van der Waals surface area contributed by atoms with E-state index in [1.807, 2.05) is 6.07 Å². The minimum atomic E-state index is -1.08. The van der Waals surface area contributed by atoms with Crippen molar-refractivity contribution < 1.29 is 23.4 Å². The van der Waals surface area contributed by atoms with Gasteiger partial charge in [-0.2, -0.15) is 5.26 Å². The lowest BCUT2D eigenvalue weighted by Gasteiger charge is -2.28. The first-order valence-electron chi connectivity index (χ1n) is 7.34. The van der Waals surface area contributed by atoms with Gasteiger partial charge in [-0.3, -0.25) is 0 Å². The first-order valence-corrected chi connectivity index (χ1v) is 8.13. The summed E-state index contributed by atoms with van der Waals surface area (Å²) in [5.41, 5.74) is 5.77. The molecule has 0 fully saturated rings. The minimum absolute atomic E-state index is 0.0143. The molecule has 0 spiro atoms. The van der Waals surface area contributed by atoms with Crippen molar-refractivity contribution in [1.82, 2.24) is 0 Å². The summed E-state index contributed by atoms with van der Waals surface area (Å²) in [5, 5.41) is 9.51. The molecule has 2 rings (SSSR count). The van der Waals surface area contributed by atoms with E-state index in [9.17, 15) is 14.4 Å². The van der Waals surface area contributed by atoms with E-state index in [0.29, 0.717) is 4.47 Å². The smallest absolute Gasteiger partial charge is 0.338 e. The van der Waals surface area contributed by atoms with E-state index in [-0.39, 0.29) is 40.7 Å². The van der Waals surface area contributed by atoms with E-state index in [1.165, 1.54) is 20.1 Å². The molecule has 6 nitrogen and oxygen atoms in total. The zero-order chi connectivity index (χ0) is 18.7. The molecule has 1 atom stereocenters. The maximum absolute atomic E-state index is 15.0. The van der Waals surface area contributed by atoms with Gasteiger partial charge in [0.15, 0.2) is 11.6 Å². The van der Waals surface area contributed by atoms with Crippen molar-refractivity contribution in [3.05, 3.63) is 50.8 Å². The number of nitrogens with two attached hydrogens (primary N) is 1. The van der Waals surface area contributed by atoms with Gasteiger partial charge in [-0.15, -0.1) is 0 Å². The molecule has 1 aromatic rings. The molecule has 2 N–H and O–H groups in total. The number of rotatable bonds is 4. The predicted molar refractivity (Wildman–Crippen MR) is 90.6 cm³/mol. The number of ether oxygens (including phenoxy) is 3. The molecule has 1 unspecified atom stereocenters. The van der Waals surface area contributed by atoms with Crippen LogP contribution in [0.3, 0.4) is 0 Å². The number of nitriles is 1. The predicted octanol–water partition coefficient (Wildman–Crippen LogP) is 3.24. The van der Waals surface area contributed by atoms with E-state index in [2.05, 4.69) is 15.9 Å². The van der Waals surface area contributed by atoms with Crippen LogP contribution in [0.5, 0.6) is 5.75 Å². The Kier molecular flexibility index (Phi) is 5.69. The van der Waals surface area contributed by atoms with Crippen LogP contribution in [-0.4, -0.2) is 19.7 Å². The van der Waals surface area contributed by atoms with Gasteiger partial charge in [-0.1, -0.05) is 15.9 Å². The summed E-state index contributed by atoms with van der Waals surface area (Å²) in [7, 11) is 1.32. The molecule has 0 aromatic heterocycles. The summed E-state index contributed by atoms with van der Waals surface area (Å²) in [6, 6.07) is 4.90. The number of carbonyl (C=O) groups excluding carboxylic acids is 1. The van der Waals surface area contributed by atoms with Crippen molar-refractivity contribution in [3.63, 3.8) is 0 Å². The van der Waals surface area contributed by atoms with E-state index < -0.39 is 17.7 Å². The molecule has 25 heavy (non-hydrogen) atoms. The Morgan fingerprint density at radius 2 is 2.20 bits per heavy atom. The third-order valence-corrected chi connectivity index (χ3v) is 4.39. The molecular weight excluding hydrogens is 395 g/mol. The fourth-order valence-corrected chi connectivity index (χ4v) is 3.15. The summed E-state index contributed by atoms with van der Waals surface area (Å²) >= 11 is 3.27. The second-order valence-corrected chi connectivity index (χ2v) is 5.95. The quantitative estimate of drug-likeness (QED) is 0.765. The Hall–Kier alpha value is -2.53. The minimum Gasteiger partial charge on any atom is -0.494 e. The van der Waals surface area contributed by atoms with Crippen molar-refractivity contribution >= 4 is 21.9 Å². The van der Waals surface area contributed by atoms with Crippen LogP contribution in [0.25, 0.3) is 0 Å². The Morgan fingerprint density at radius 1 is 1.52 bits per heavy atom. The highest BCUT2D eigenvalue weighted by Crippen LogP contribution is 2.44. The van der Waals surface area contributed by atoms with Crippen molar-refractivity contribution in [2.45, 2.75) is 19.8 Å². The second-order valence-electron chi connectivity index (χ2n) is 5.09. The molecule has 0 radical (unpaired) electrons. The van der Waals surface area contributed by atoms with Gasteiger partial charge in [0.1, 0.15) is 17.4 Å². The largest absolute Gasteiger partial charge is 0.494 e. The van der Waals surface area contributed by atoms with Crippen LogP contribution < -0.4 is 10.5 Å². The zero-order valence-corrected chi connectivity index (χ0v) is 15.4. The van der Waals surface area contributed by atoms with Crippen LogP contribution in [-0.2, 0) is 14.3 Å². The normalized spacial score (nSPS) is 17.0. The van der Waals surface area contributed by atoms with Crippen molar-refractivity contribution in [2.75, 3.05) is 13.7 Å². The molecule has 0 aliphatic carbocycles. The maximum atomic E-state index is 15.0. The van der Waals surface area contributed by atoms with Crippen molar-refractivity contribution in [3.8, 4) is 11.8 Å². The number of esters is 1. The average Bonchev–Trinajstić information content (AvgIpc) is 2.55. The fourth-order valence-electron chi connectivity index (χ4n) is 2.62. The van der Waals surface area contributed by atoms with E-state index in [4.69, 9.17) is 19.9 Å². The van der Waals surface area contributed by atoms with Gasteiger partial charge in [-0.25, -0.2) is 9.18 Å². The second kappa shape index (κ2) is 7.57. The molecule has 1 aliphatic rings. The summed E-state index contributed by atoms with van der Waals surface area (Å²) in [5.74, 6) is -2.57. The van der Waals surface area contributed by atoms with Crippen molar-refractivity contribution in [1.29, 1.82) is 5.26 Å². The van der Waals surface area contributed by atoms with Crippen LogP contribution in [0.2, 0.25) is 0 Å². The summed E-state index contributed by atoms with van der Waals surface area (Å²) in [4.78, 5) is 12.4. The lowest BCUT2D eigenvalue weighted by molar-refractivity contribution is -0.139. The standard InChI is InChI=1S/C17H16BrFN2O4/c1-4-24-17(22)12-8(2)25-16(21)9(7-20)13(12)14-10(18)5-6-11(23-3)15(14)19/h5-6,13H,4,21H2,1-3H3. The SMILES string of the molecule is CCOC(=O)C1=C(C)OC(N)=C(C#N)C1c1c(Br)ccc(OC)c1F. The first kappa shape index (κ1) is 18.8. The van der Waals surface area contributed by atoms with Crippen LogP contribution in [0.1, 0.15) is 25.3 Å². The molecule has 1 aliphatic heterocycles. The third-order valence-electron chi connectivity index (χ3n) is 3.70. The van der Waals surface area contributed by atoms with Gasteiger partial charge in [0.05, 0.1) is 25.2 Å². The Morgan fingerprint density at radius 3 is 2.76 bits per heavy atom. The molecule has 1 heterocycles. The molecule has 0 bridgehead atoms. The molecule has 0 amide bonds. The summed E-state index contributed by atoms with van der Waals surface area (Å²) < 4.78 is 30.7. The molecule has 0 saturated heterocycles. The first-order chi connectivity index (χ1) is 11.9. The maximum Gasteiger partial charge on any atom is 0.338 e. The topological polar surface area (TPSA) is 94.6 Å². The van der Waals surface area contributed by atoms with Gasteiger partial charge in [0, 0.05) is 10.0 Å². The van der Waals surface area contributed by atoms with Gasteiger partial charge >= 0.3 is 5.97 Å². The lowest BCUT2D eigenvalue weighted by Crippen LogP contribution is -2.26. The highest BCUT2D eigenvalue weighted by atomic mass is 79.9. The van der Waals surface area contributed by atoms with Gasteiger partial charge in [-0.05, 0) is 26.0 Å². The number of hydrogen-bond donors (Lipinski definition) is 1. The summed E-state index contributed by atoms with van der Waals surface area (Å²) in [6.45, 7) is 3.27. The van der Waals surface area contributed by atoms with E-state index in [1.54, 1.807) is 13.0 Å². The van der Waals surface area contributed by atoms with Gasteiger partial charge < -0.3 is 19.9 Å². The van der Waals surface area contributed by atoms with Crippen LogP contribution in [0, 0.1) is 17.1 Å². The molecule has 8 heteroatoms. The number of halogens is 2. The Labute approximate surface area is 152 Å². The van der Waals surface area contributed by atoms with E-state index in [0.717, 1.165) is 0 Å². The average molecular weight is 411 g/mol. The molecular formula is C17H16BrFN2O4.